The quantitative estimate of drug-likeness (QED) is 0.507. The molecular formula is C17H11BrClNO3S2. The van der Waals surface area contributed by atoms with E-state index in [1.807, 2.05) is 0 Å². The number of anilines is 1. The summed E-state index contributed by atoms with van der Waals surface area (Å²) in [5.41, 5.74) is 1.37. The zero-order valence-electron chi connectivity index (χ0n) is 12.8. The molecule has 0 bridgehead atoms. The van der Waals surface area contributed by atoms with Crippen molar-refractivity contribution in [3.8, 4) is 11.5 Å². The summed E-state index contributed by atoms with van der Waals surface area (Å²) in [5.74, 6) is 0.114. The molecule has 25 heavy (non-hydrogen) atoms. The number of thioether (sulfide) groups is 1. The fourth-order valence-corrected chi connectivity index (χ4v) is 4.15. The van der Waals surface area contributed by atoms with Gasteiger partial charge >= 0.3 is 0 Å². The Morgan fingerprint density at radius 3 is 2.64 bits per heavy atom. The molecule has 1 saturated heterocycles. The van der Waals surface area contributed by atoms with E-state index in [0.717, 1.165) is 0 Å². The summed E-state index contributed by atoms with van der Waals surface area (Å²) in [7, 11) is 1.46. The number of benzene rings is 2. The first-order chi connectivity index (χ1) is 11.9. The SMILES string of the molecule is COc1cc(/C=C2/SC(=S)N(c3ccc(Cl)cc3)C2=O)cc(Br)c1O. The van der Waals surface area contributed by atoms with Crippen molar-refractivity contribution in [1.29, 1.82) is 0 Å². The first-order valence-electron chi connectivity index (χ1n) is 7.00. The van der Waals surface area contributed by atoms with Crippen LogP contribution in [0.3, 0.4) is 0 Å². The maximum Gasteiger partial charge on any atom is 0.270 e. The number of nitrogens with zero attached hydrogens (tertiary/aromatic N) is 1. The largest absolute Gasteiger partial charge is 0.503 e. The van der Waals surface area contributed by atoms with Crippen LogP contribution in [-0.2, 0) is 4.79 Å². The van der Waals surface area contributed by atoms with Gasteiger partial charge < -0.3 is 9.84 Å². The number of phenolic OH excluding ortho intramolecular Hbond substituents is 1. The summed E-state index contributed by atoms with van der Waals surface area (Å²) in [6, 6.07) is 10.3. The van der Waals surface area contributed by atoms with E-state index in [2.05, 4.69) is 15.9 Å². The van der Waals surface area contributed by atoms with Gasteiger partial charge in [-0.25, -0.2) is 0 Å². The average molecular weight is 457 g/mol. The van der Waals surface area contributed by atoms with Gasteiger partial charge in [-0.15, -0.1) is 0 Å². The summed E-state index contributed by atoms with van der Waals surface area (Å²) in [5, 5.41) is 10.5. The van der Waals surface area contributed by atoms with Gasteiger partial charge in [-0.3, -0.25) is 9.69 Å². The third-order valence-corrected chi connectivity index (χ3v) is 5.61. The minimum absolute atomic E-state index is 0.00774. The van der Waals surface area contributed by atoms with Crippen molar-refractivity contribution in [1.82, 2.24) is 0 Å². The predicted molar refractivity (Wildman–Crippen MR) is 109 cm³/mol. The van der Waals surface area contributed by atoms with Crippen molar-refractivity contribution in [2.75, 3.05) is 12.0 Å². The predicted octanol–water partition coefficient (Wildman–Crippen LogP) is 5.22. The van der Waals surface area contributed by atoms with Crippen LogP contribution in [0.1, 0.15) is 5.56 Å². The molecule has 8 heteroatoms. The molecule has 0 aliphatic carbocycles. The van der Waals surface area contributed by atoms with Crippen molar-refractivity contribution in [2.45, 2.75) is 0 Å². The number of halogens is 2. The molecule has 1 aliphatic rings. The van der Waals surface area contributed by atoms with E-state index in [1.165, 1.54) is 23.8 Å². The van der Waals surface area contributed by atoms with E-state index in [-0.39, 0.29) is 11.7 Å². The Kier molecular flexibility index (Phi) is 5.38. The van der Waals surface area contributed by atoms with Crippen LogP contribution in [0.2, 0.25) is 5.02 Å². The van der Waals surface area contributed by atoms with Crippen LogP contribution in [0, 0.1) is 0 Å². The molecule has 2 aromatic carbocycles. The fourth-order valence-electron chi connectivity index (χ4n) is 2.26. The Labute approximate surface area is 167 Å². The molecule has 1 amide bonds. The number of carbonyl (C=O) groups excluding carboxylic acids is 1. The van der Waals surface area contributed by atoms with Gasteiger partial charge in [-0.05, 0) is 64.0 Å². The smallest absolute Gasteiger partial charge is 0.270 e. The summed E-state index contributed by atoms with van der Waals surface area (Å²) < 4.78 is 6.06. The highest BCUT2D eigenvalue weighted by Gasteiger charge is 2.33. The van der Waals surface area contributed by atoms with Gasteiger partial charge in [0.2, 0.25) is 0 Å². The van der Waals surface area contributed by atoms with E-state index in [0.29, 0.717) is 35.7 Å². The first-order valence-corrected chi connectivity index (χ1v) is 9.40. The lowest BCUT2D eigenvalue weighted by Gasteiger charge is -2.14. The topological polar surface area (TPSA) is 49.8 Å². The summed E-state index contributed by atoms with van der Waals surface area (Å²) in [6.07, 6.45) is 1.71. The molecule has 0 unspecified atom stereocenters. The van der Waals surface area contributed by atoms with Gasteiger partial charge in [0.25, 0.3) is 5.91 Å². The standard InChI is InChI=1S/C17H11BrClNO3S2/c1-23-13-7-9(6-12(18)15(13)21)8-14-16(22)20(17(24)25-14)11-4-2-10(19)3-5-11/h2-8,21H,1H3/b14-8+. The zero-order valence-corrected chi connectivity index (χ0v) is 16.8. The normalized spacial score (nSPS) is 16.0. The highest BCUT2D eigenvalue weighted by atomic mass is 79.9. The van der Waals surface area contributed by atoms with Gasteiger partial charge in [0.05, 0.1) is 22.2 Å². The number of hydrogen-bond donors (Lipinski definition) is 1. The molecule has 3 rings (SSSR count). The zero-order chi connectivity index (χ0) is 18.1. The van der Waals surface area contributed by atoms with Crippen molar-refractivity contribution in [3.05, 3.63) is 56.4 Å². The third-order valence-electron chi connectivity index (χ3n) is 3.45. The summed E-state index contributed by atoms with van der Waals surface area (Å²) >= 11 is 15.7. The number of thiocarbonyl (C=S) groups is 1. The van der Waals surface area contributed by atoms with Crippen LogP contribution in [0.4, 0.5) is 5.69 Å². The summed E-state index contributed by atoms with van der Waals surface area (Å²) in [6.45, 7) is 0. The van der Waals surface area contributed by atoms with Crippen molar-refractivity contribution in [2.24, 2.45) is 0 Å². The third kappa shape index (κ3) is 3.69. The minimum atomic E-state index is -0.208. The van der Waals surface area contributed by atoms with Crippen LogP contribution >= 0.6 is 51.5 Å². The lowest BCUT2D eigenvalue weighted by Crippen LogP contribution is -2.27. The molecule has 0 atom stereocenters. The highest BCUT2D eigenvalue weighted by molar-refractivity contribution is 9.10. The van der Waals surface area contributed by atoms with Gasteiger partial charge in [-0.1, -0.05) is 35.6 Å². The Morgan fingerprint density at radius 2 is 2.00 bits per heavy atom. The molecule has 2 aromatic rings. The second-order valence-electron chi connectivity index (χ2n) is 5.05. The number of hydrogen-bond acceptors (Lipinski definition) is 5. The monoisotopic (exact) mass is 455 g/mol. The number of amides is 1. The number of aromatic hydroxyl groups is 1. The maximum atomic E-state index is 12.7. The Hall–Kier alpha value is -1.54. The van der Waals surface area contributed by atoms with E-state index in [4.69, 9.17) is 28.6 Å². The molecule has 4 nitrogen and oxygen atoms in total. The lowest BCUT2D eigenvalue weighted by molar-refractivity contribution is -0.113. The molecular weight excluding hydrogens is 446 g/mol. The van der Waals surface area contributed by atoms with Crippen molar-refractivity contribution in [3.63, 3.8) is 0 Å². The number of phenols is 1. The van der Waals surface area contributed by atoms with Crippen molar-refractivity contribution >= 4 is 73.5 Å². The number of methoxy groups -OCH3 is 1. The fraction of sp³-hybridized carbons (Fsp3) is 0.0588. The van der Waals surface area contributed by atoms with Gasteiger partial charge in [0, 0.05) is 5.02 Å². The van der Waals surface area contributed by atoms with Crippen LogP contribution < -0.4 is 9.64 Å². The van der Waals surface area contributed by atoms with E-state index < -0.39 is 0 Å². The van der Waals surface area contributed by atoms with Crippen LogP contribution in [0.25, 0.3) is 6.08 Å². The van der Waals surface area contributed by atoms with Crippen LogP contribution in [0.5, 0.6) is 11.5 Å². The average Bonchev–Trinajstić information content (AvgIpc) is 2.85. The first kappa shape index (κ1) is 18.3. The molecule has 0 aromatic heterocycles. The Morgan fingerprint density at radius 1 is 1.32 bits per heavy atom. The Bertz CT molecular complexity index is 900. The number of ether oxygens (including phenoxy) is 1. The van der Waals surface area contributed by atoms with Crippen LogP contribution in [0.15, 0.2) is 45.8 Å². The molecule has 128 valence electrons. The maximum absolute atomic E-state index is 12.7. The molecule has 0 saturated carbocycles. The van der Waals surface area contributed by atoms with Gasteiger partial charge in [-0.2, -0.15) is 0 Å². The van der Waals surface area contributed by atoms with Gasteiger partial charge in [0.15, 0.2) is 15.8 Å². The summed E-state index contributed by atoms with van der Waals surface area (Å²) in [4.78, 5) is 14.7. The van der Waals surface area contributed by atoms with E-state index in [1.54, 1.807) is 42.5 Å². The molecule has 1 fully saturated rings. The second-order valence-corrected chi connectivity index (χ2v) is 8.01. The molecule has 1 aliphatic heterocycles. The lowest BCUT2D eigenvalue weighted by atomic mass is 10.2. The van der Waals surface area contributed by atoms with Crippen LogP contribution in [-0.4, -0.2) is 22.4 Å². The number of carbonyl (C=O) groups is 1. The molecule has 0 radical (unpaired) electrons. The Balaban J connectivity index is 1.95. The number of rotatable bonds is 3. The van der Waals surface area contributed by atoms with E-state index >= 15 is 0 Å². The minimum Gasteiger partial charge on any atom is -0.503 e. The highest BCUT2D eigenvalue weighted by Crippen LogP contribution is 2.39. The molecule has 1 N–H and O–H groups in total. The van der Waals surface area contributed by atoms with Crippen molar-refractivity contribution < 1.29 is 14.6 Å². The molecule has 0 spiro atoms. The molecule has 1 heterocycles. The second kappa shape index (κ2) is 7.37. The van der Waals surface area contributed by atoms with E-state index in [9.17, 15) is 9.90 Å². The van der Waals surface area contributed by atoms with Gasteiger partial charge in [0.1, 0.15) is 0 Å².